The van der Waals surface area contributed by atoms with Crippen LogP contribution in [0.2, 0.25) is 0 Å². The van der Waals surface area contributed by atoms with Crippen molar-refractivity contribution in [3.8, 4) is 0 Å². The van der Waals surface area contributed by atoms with E-state index in [1.807, 2.05) is 32.4 Å². The number of fused-ring (bicyclic) bond motifs is 1. The minimum absolute atomic E-state index is 1.04. The Morgan fingerprint density at radius 1 is 1.08 bits per heavy atom. The first-order valence-electron chi connectivity index (χ1n) is 3.94. The van der Waals surface area contributed by atoms with Crippen molar-refractivity contribution in [3.05, 3.63) is 35.9 Å². The summed E-state index contributed by atoms with van der Waals surface area (Å²) >= 11 is 0. The topological polar surface area (TPSA) is 25.8 Å². The Kier molecular flexibility index (Phi) is 1.54. The molecule has 0 aliphatic carbocycles. The summed E-state index contributed by atoms with van der Waals surface area (Å²) in [5.74, 6) is 0. The zero-order valence-electron chi connectivity index (χ0n) is 7.20. The minimum atomic E-state index is 1.04. The van der Waals surface area contributed by atoms with E-state index < -0.39 is 0 Å². The maximum Gasteiger partial charge on any atom is 0.0379 e. The predicted molar refractivity (Wildman–Crippen MR) is 49.0 cm³/mol. The average molecular weight is 158 g/mol. The second-order valence-corrected chi connectivity index (χ2v) is 3.00. The molecule has 0 atom stereocenters. The van der Waals surface area contributed by atoms with Crippen molar-refractivity contribution >= 4 is 10.8 Å². The van der Waals surface area contributed by atoms with Crippen LogP contribution in [0, 0.1) is 13.8 Å². The Morgan fingerprint density at radius 2 is 1.92 bits per heavy atom. The Labute approximate surface area is 71.3 Å². The van der Waals surface area contributed by atoms with Crippen LogP contribution in [0.15, 0.2) is 24.7 Å². The van der Waals surface area contributed by atoms with E-state index in [2.05, 4.69) is 16.0 Å². The van der Waals surface area contributed by atoms with Crippen molar-refractivity contribution < 1.29 is 0 Å². The minimum Gasteiger partial charge on any atom is -0.264 e. The number of hydrogen-bond donors (Lipinski definition) is 0. The van der Waals surface area contributed by atoms with E-state index in [4.69, 9.17) is 0 Å². The molecule has 0 aliphatic heterocycles. The van der Waals surface area contributed by atoms with Crippen molar-refractivity contribution in [2.24, 2.45) is 0 Å². The van der Waals surface area contributed by atoms with E-state index in [1.54, 1.807) is 0 Å². The molecule has 0 aliphatic rings. The second-order valence-electron chi connectivity index (χ2n) is 3.00. The quantitative estimate of drug-likeness (QED) is 0.587. The van der Waals surface area contributed by atoms with Gasteiger partial charge < -0.3 is 0 Å². The van der Waals surface area contributed by atoms with Crippen LogP contribution >= 0.6 is 0 Å². The van der Waals surface area contributed by atoms with Crippen molar-refractivity contribution in [3.63, 3.8) is 0 Å². The van der Waals surface area contributed by atoms with Gasteiger partial charge in [-0.1, -0.05) is 0 Å². The first-order valence-corrected chi connectivity index (χ1v) is 3.94. The van der Waals surface area contributed by atoms with Gasteiger partial charge in [0.15, 0.2) is 0 Å². The Bertz CT molecular complexity index is 421. The predicted octanol–water partition coefficient (Wildman–Crippen LogP) is 2.25. The lowest BCUT2D eigenvalue weighted by Gasteiger charge is -2.00. The molecule has 0 saturated carbocycles. The third-order valence-corrected chi connectivity index (χ3v) is 1.98. The SMILES string of the molecule is Cc1cc2cncc(C)c2cn1. The summed E-state index contributed by atoms with van der Waals surface area (Å²) in [6.45, 7) is 4.04. The molecule has 0 saturated heterocycles. The summed E-state index contributed by atoms with van der Waals surface area (Å²) in [5, 5.41) is 2.36. The van der Waals surface area contributed by atoms with E-state index in [9.17, 15) is 0 Å². The molecule has 0 radical (unpaired) electrons. The molecule has 0 bridgehead atoms. The Morgan fingerprint density at radius 3 is 2.75 bits per heavy atom. The first-order chi connectivity index (χ1) is 5.77. The van der Waals surface area contributed by atoms with E-state index in [-0.39, 0.29) is 0 Å². The largest absolute Gasteiger partial charge is 0.264 e. The van der Waals surface area contributed by atoms with E-state index in [0.717, 1.165) is 5.69 Å². The monoisotopic (exact) mass is 158 g/mol. The van der Waals surface area contributed by atoms with Crippen LogP contribution in [0.5, 0.6) is 0 Å². The fraction of sp³-hybridized carbons (Fsp3) is 0.200. The van der Waals surface area contributed by atoms with E-state index >= 15 is 0 Å². The van der Waals surface area contributed by atoms with Crippen LogP contribution in [0.25, 0.3) is 10.8 Å². The van der Waals surface area contributed by atoms with Crippen LogP contribution in [0.4, 0.5) is 0 Å². The highest BCUT2D eigenvalue weighted by Gasteiger charge is 1.96. The molecule has 60 valence electrons. The van der Waals surface area contributed by atoms with Gasteiger partial charge >= 0.3 is 0 Å². The lowest BCUT2D eigenvalue weighted by atomic mass is 10.1. The van der Waals surface area contributed by atoms with Gasteiger partial charge in [0.05, 0.1) is 0 Å². The fourth-order valence-electron chi connectivity index (χ4n) is 1.32. The molecule has 0 N–H and O–H groups in total. The van der Waals surface area contributed by atoms with Gasteiger partial charge in [0.2, 0.25) is 0 Å². The van der Waals surface area contributed by atoms with Gasteiger partial charge in [-0.25, -0.2) is 0 Å². The van der Waals surface area contributed by atoms with Crippen LogP contribution in [0.3, 0.4) is 0 Å². The highest BCUT2D eigenvalue weighted by atomic mass is 14.7. The standard InChI is InChI=1S/C10H10N2/c1-7-4-11-5-9-3-8(2)12-6-10(7)9/h3-6H,1-2H3. The number of pyridine rings is 2. The highest BCUT2D eigenvalue weighted by molar-refractivity contribution is 5.83. The molecule has 0 amide bonds. The van der Waals surface area contributed by atoms with Gasteiger partial charge in [-0.05, 0) is 25.5 Å². The van der Waals surface area contributed by atoms with Gasteiger partial charge in [-0.3, -0.25) is 9.97 Å². The molecular formula is C10H10N2. The zero-order valence-corrected chi connectivity index (χ0v) is 7.20. The molecule has 2 rings (SSSR count). The van der Waals surface area contributed by atoms with E-state index in [0.29, 0.717) is 0 Å². The van der Waals surface area contributed by atoms with E-state index in [1.165, 1.54) is 16.3 Å². The molecule has 12 heavy (non-hydrogen) atoms. The van der Waals surface area contributed by atoms with Crippen molar-refractivity contribution in [2.75, 3.05) is 0 Å². The van der Waals surface area contributed by atoms with Gasteiger partial charge in [0.25, 0.3) is 0 Å². The van der Waals surface area contributed by atoms with Crippen LogP contribution in [-0.2, 0) is 0 Å². The normalized spacial score (nSPS) is 10.5. The molecular weight excluding hydrogens is 148 g/mol. The van der Waals surface area contributed by atoms with Gasteiger partial charge in [-0.15, -0.1) is 0 Å². The number of nitrogens with zero attached hydrogens (tertiary/aromatic N) is 2. The lowest BCUT2D eigenvalue weighted by molar-refractivity contribution is 1.21. The Hall–Kier alpha value is -1.44. The number of hydrogen-bond acceptors (Lipinski definition) is 2. The number of aryl methyl sites for hydroxylation is 2. The zero-order chi connectivity index (χ0) is 8.55. The first kappa shape index (κ1) is 7.22. The maximum absolute atomic E-state index is 4.24. The van der Waals surface area contributed by atoms with Crippen molar-refractivity contribution in [2.45, 2.75) is 13.8 Å². The van der Waals surface area contributed by atoms with Gasteiger partial charge in [0, 0.05) is 35.1 Å². The summed E-state index contributed by atoms with van der Waals surface area (Å²) in [5.41, 5.74) is 2.22. The van der Waals surface area contributed by atoms with Crippen molar-refractivity contribution in [1.82, 2.24) is 9.97 Å². The second kappa shape index (κ2) is 2.55. The van der Waals surface area contributed by atoms with Gasteiger partial charge in [-0.2, -0.15) is 0 Å². The molecule has 2 aromatic rings. The van der Waals surface area contributed by atoms with Crippen LogP contribution < -0.4 is 0 Å². The summed E-state index contributed by atoms with van der Waals surface area (Å²) in [6, 6.07) is 2.05. The molecule has 0 aromatic carbocycles. The van der Waals surface area contributed by atoms with Crippen molar-refractivity contribution in [1.29, 1.82) is 0 Å². The fourth-order valence-corrected chi connectivity index (χ4v) is 1.32. The number of rotatable bonds is 0. The smallest absolute Gasteiger partial charge is 0.0379 e. The third-order valence-electron chi connectivity index (χ3n) is 1.98. The summed E-state index contributed by atoms with van der Waals surface area (Å²) in [4.78, 5) is 8.37. The molecule has 2 nitrogen and oxygen atoms in total. The molecule has 2 heteroatoms. The molecule has 0 spiro atoms. The van der Waals surface area contributed by atoms with Gasteiger partial charge in [0.1, 0.15) is 0 Å². The summed E-state index contributed by atoms with van der Waals surface area (Å²) in [6.07, 6.45) is 5.64. The molecule has 2 heterocycles. The lowest BCUT2D eigenvalue weighted by Crippen LogP contribution is -1.85. The summed E-state index contributed by atoms with van der Waals surface area (Å²) < 4.78 is 0. The molecule has 2 aromatic heterocycles. The molecule has 0 unspecified atom stereocenters. The highest BCUT2D eigenvalue weighted by Crippen LogP contribution is 2.15. The van der Waals surface area contributed by atoms with Crippen LogP contribution in [-0.4, -0.2) is 9.97 Å². The number of aromatic nitrogens is 2. The maximum atomic E-state index is 4.24. The Balaban J connectivity index is 2.86. The molecule has 0 fully saturated rings. The third kappa shape index (κ3) is 1.05. The average Bonchev–Trinajstić information content (AvgIpc) is 2.04. The summed E-state index contributed by atoms with van der Waals surface area (Å²) in [7, 11) is 0. The van der Waals surface area contributed by atoms with Crippen LogP contribution in [0.1, 0.15) is 11.3 Å².